The van der Waals surface area contributed by atoms with E-state index in [1.165, 1.54) is 283 Å². The summed E-state index contributed by atoms with van der Waals surface area (Å²) < 4.78 is 23.4. The lowest BCUT2D eigenvalue weighted by Gasteiger charge is -2.29. The van der Waals surface area contributed by atoms with Gasteiger partial charge in [-0.3, -0.25) is 9.36 Å². The van der Waals surface area contributed by atoms with E-state index in [1.54, 1.807) is 6.08 Å². The summed E-state index contributed by atoms with van der Waals surface area (Å²) in [6, 6.07) is -0.905. The number of phosphoric acid groups is 1. The van der Waals surface area contributed by atoms with Crippen LogP contribution in [0.5, 0.6) is 0 Å². The summed E-state index contributed by atoms with van der Waals surface area (Å²) in [7, 11) is 1.26. The van der Waals surface area contributed by atoms with Crippen LogP contribution in [0.3, 0.4) is 0 Å². The molecule has 9 heteroatoms. The van der Waals surface area contributed by atoms with E-state index in [2.05, 4.69) is 55.6 Å². The zero-order chi connectivity index (χ0) is 58.4. The number of nitrogens with zero attached hydrogens (tertiary/aromatic N) is 1. The molecule has 0 heterocycles. The van der Waals surface area contributed by atoms with Gasteiger partial charge in [0.15, 0.2) is 0 Å². The van der Waals surface area contributed by atoms with Crippen LogP contribution in [0.15, 0.2) is 48.6 Å². The van der Waals surface area contributed by atoms with Crippen LogP contribution in [-0.4, -0.2) is 68.5 Å². The zero-order valence-electron chi connectivity index (χ0n) is 54.0. The quantitative estimate of drug-likeness (QED) is 0.0272. The summed E-state index contributed by atoms with van der Waals surface area (Å²) in [5.74, 6) is -0.202. The minimum atomic E-state index is -4.61. The highest BCUT2D eigenvalue weighted by atomic mass is 31.2. The van der Waals surface area contributed by atoms with Crippen molar-refractivity contribution in [2.75, 3.05) is 40.9 Å². The number of phosphoric ester groups is 1. The Morgan fingerprint density at radius 2 is 0.738 bits per heavy atom. The third-order valence-electron chi connectivity index (χ3n) is 16.0. The fourth-order valence-corrected chi connectivity index (χ4v) is 11.3. The first-order chi connectivity index (χ1) is 39.0. The number of aliphatic hydroxyl groups is 1. The number of carbonyl (C=O) groups excluding carboxylic acids is 1. The molecule has 0 saturated heterocycles. The molecule has 0 aromatic heterocycles. The van der Waals surface area contributed by atoms with Crippen molar-refractivity contribution in [1.82, 2.24) is 5.32 Å². The van der Waals surface area contributed by atoms with Crippen LogP contribution in [0.25, 0.3) is 0 Å². The molecule has 0 radical (unpaired) electrons. The predicted octanol–water partition coefficient (Wildman–Crippen LogP) is 21.6. The Kier molecular flexibility index (Phi) is 60.8. The maximum Gasteiger partial charge on any atom is 0.268 e. The van der Waals surface area contributed by atoms with Gasteiger partial charge in [0.05, 0.1) is 39.9 Å². The van der Waals surface area contributed by atoms with Crippen molar-refractivity contribution in [3.63, 3.8) is 0 Å². The third-order valence-corrected chi connectivity index (χ3v) is 17.0. The lowest BCUT2D eigenvalue weighted by atomic mass is 10.0. The van der Waals surface area contributed by atoms with Crippen molar-refractivity contribution in [1.29, 1.82) is 0 Å². The van der Waals surface area contributed by atoms with E-state index in [0.717, 1.165) is 44.9 Å². The molecule has 3 atom stereocenters. The highest BCUT2D eigenvalue weighted by molar-refractivity contribution is 7.45. The lowest BCUT2D eigenvalue weighted by Crippen LogP contribution is -2.45. The first kappa shape index (κ1) is 78.5. The van der Waals surface area contributed by atoms with Gasteiger partial charge in [-0.2, -0.15) is 0 Å². The fraction of sp³-hybridized carbons (Fsp3) is 0.873. The topological polar surface area (TPSA) is 108 Å². The van der Waals surface area contributed by atoms with E-state index in [4.69, 9.17) is 9.05 Å². The van der Waals surface area contributed by atoms with E-state index in [9.17, 15) is 19.4 Å². The van der Waals surface area contributed by atoms with Crippen molar-refractivity contribution >= 4 is 13.7 Å². The highest BCUT2D eigenvalue weighted by Gasteiger charge is 2.23. The van der Waals surface area contributed by atoms with Gasteiger partial charge in [-0.15, -0.1) is 0 Å². The Bertz CT molecular complexity index is 1440. The first-order valence-corrected chi connectivity index (χ1v) is 36.5. The summed E-state index contributed by atoms with van der Waals surface area (Å²) >= 11 is 0. The molecule has 0 spiro atoms. The molecular formula is C71H137N2O6P. The molecule has 0 bridgehead atoms. The zero-order valence-corrected chi connectivity index (χ0v) is 54.9. The van der Waals surface area contributed by atoms with Gasteiger partial charge in [0, 0.05) is 6.42 Å². The average molecular weight is 1150 g/mol. The molecule has 0 aromatic carbocycles. The summed E-state index contributed by atoms with van der Waals surface area (Å²) in [5, 5.41) is 13.9. The molecule has 2 N–H and O–H groups in total. The van der Waals surface area contributed by atoms with Crippen LogP contribution in [0.1, 0.15) is 348 Å². The van der Waals surface area contributed by atoms with Gasteiger partial charge in [0.25, 0.3) is 7.82 Å². The number of allylic oxidation sites excluding steroid dienone is 7. The van der Waals surface area contributed by atoms with Crippen LogP contribution in [0, 0.1) is 0 Å². The lowest BCUT2D eigenvalue weighted by molar-refractivity contribution is -0.870. The highest BCUT2D eigenvalue weighted by Crippen LogP contribution is 2.38. The van der Waals surface area contributed by atoms with Crippen molar-refractivity contribution in [3.8, 4) is 0 Å². The second kappa shape index (κ2) is 62.0. The Morgan fingerprint density at radius 3 is 1.09 bits per heavy atom. The molecule has 1 amide bonds. The SMILES string of the molecule is CCCCCCC/C=C\C/C=C\CCCCCCCCCCCCCCCCCCCC(=O)NC(COP(=O)([O-])OCC[N+](C)(C)C)C(O)/C=C/CC/C=C/CCCCCCCCCCCCCCCCCCCCCCCCC. The van der Waals surface area contributed by atoms with Crippen molar-refractivity contribution in [3.05, 3.63) is 48.6 Å². The largest absolute Gasteiger partial charge is 0.756 e. The van der Waals surface area contributed by atoms with Crippen LogP contribution < -0.4 is 10.2 Å². The van der Waals surface area contributed by atoms with E-state index in [-0.39, 0.29) is 12.5 Å². The van der Waals surface area contributed by atoms with Crippen molar-refractivity contribution in [2.24, 2.45) is 0 Å². The summed E-state index contributed by atoms with van der Waals surface area (Å²) in [5.41, 5.74) is 0. The minimum Gasteiger partial charge on any atom is -0.756 e. The Hall–Kier alpha value is -1.54. The van der Waals surface area contributed by atoms with Crippen molar-refractivity contribution in [2.45, 2.75) is 360 Å². The molecule has 0 rings (SSSR count). The van der Waals surface area contributed by atoms with Gasteiger partial charge in [0.1, 0.15) is 13.2 Å². The Morgan fingerprint density at radius 1 is 0.438 bits per heavy atom. The number of rotatable bonds is 65. The number of unbranched alkanes of at least 4 members (excludes halogenated alkanes) is 46. The summed E-state index contributed by atoms with van der Waals surface area (Å²) in [6.45, 7) is 4.67. The molecular weight excluding hydrogens is 1010 g/mol. The van der Waals surface area contributed by atoms with E-state index in [0.29, 0.717) is 17.4 Å². The number of aliphatic hydroxyl groups excluding tert-OH is 1. The maximum atomic E-state index is 13.0. The molecule has 80 heavy (non-hydrogen) atoms. The third kappa shape index (κ3) is 64.0. The van der Waals surface area contributed by atoms with Gasteiger partial charge in [-0.25, -0.2) is 0 Å². The predicted molar refractivity (Wildman–Crippen MR) is 348 cm³/mol. The molecule has 0 fully saturated rings. The smallest absolute Gasteiger partial charge is 0.268 e. The molecule has 0 aliphatic carbocycles. The number of nitrogens with one attached hydrogen (secondary N) is 1. The summed E-state index contributed by atoms with van der Waals surface area (Å²) in [4.78, 5) is 25.6. The van der Waals surface area contributed by atoms with Gasteiger partial charge in [-0.05, 0) is 64.2 Å². The van der Waals surface area contributed by atoms with Crippen LogP contribution in [0.2, 0.25) is 0 Å². The van der Waals surface area contributed by atoms with Crippen molar-refractivity contribution < 1.29 is 32.9 Å². The van der Waals surface area contributed by atoms with E-state index < -0.39 is 26.6 Å². The first-order valence-electron chi connectivity index (χ1n) is 35.0. The number of amides is 1. The average Bonchev–Trinajstić information content (AvgIpc) is 3.42. The van der Waals surface area contributed by atoms with Gasteiger partial charge >= 0.3 is 0 Å². The summed E-state index contributed by atoms with van der Waals surface area (Å²) in [6.07, 6.45) is 83.8. The van der Waals surface area contributed by atoms with Gasteiger partial charge in [-0.1, -0.05) is 326 Å². The van der Waals surface area contributed by atoms with E-state index in [1.807, 2.05) is 27.2 Å². The van der Waals surface area contributed by atoms with E-state index >= 15 is 0 Å². The molecule has 0 aliphatic rings. The minimum absolute atomic E-state index is 0.00562. The maximum absolute atomic E-state index is 13.0. The number of hydrogen-bond donors (Lipinski definition) is 2. The number of quaternary nitrogens is 1. The second-order valence-electron chi connectivity index (χ2n) is 25.2. The second-order valence-corrected chi connectivity index (χ2v) is 26.6. The molecule has 0 aliphatic heterocycles. The number of likely N-dealkylation sites (N-methyl/N-ethyl adjacent to an activating group) is 1. The number of carbonyl (C=O) groups is 1. The standard InChI is InChI=1S/C71H137N2O6P/c1-6-8-10-12-14-16-18-20-22-24-26-28-30-32-34-36-38-40-42-44-46-48-50-52-54-56-58-60-62-64-70(74)69(68-79-80(76,77)78-67-66-73(3,4)5)72-71(75)65-63-61-59-57-55-53-51-49-47-45-43-41-39-37-35-33-31-29-27-25-23-21-19-17-15-13-11-9-7-2/h19,21,25,27,54,56,62,64,69-70,74H,6-18,20,22-24,26,28-53,55,57-61,63,65-68H2,1-5H3,(H-,72,75,76,77)/b21-19-,27-25-,56-54+,64-62+. The molecule has 0 aromatic rings. The molecule has 472 valence electrons. The normalized spacial score (nSPS) is 13.9. The van der Waals surface area contributed by atoms with Gasteiger partial charge in [0.2, 0.25) is 5.91 Å². The van der Waals surface area contributed by atoms with Gasteiger partial charge < -0.3 is 28.8 Å². The number of hydrogen-bond acceptors (Lipinski definition) is 6. The monoisotopic (exact) mass is 1150 g/mol. The van der Waals surface area contributed by atoms with Crippen LogP contribution >= 0.6 is 7.82 Å². The Balaban J connectivity index is 4.09. The Labute approximate surface area is 499 Å². The fourth-order valence-electron chi connectivity index (χ4n) is 10.6. The molecule has 8 nitrogen and oxygen atoms in total. The van der Waals surface area contributed by atoms with Crippen LogP contribution in [0.4, 0.5) is 0 Å². The van der Waals surface area contributed by atoms with Crippen LogP contribution in [-0.2, 0) is 18.4 Å². The molecule has 3 unspecified atom stereocenters. The molecule has 0 saturated carbocycles.